The first-order valence-corrected chi connectivity index (χ1v) is 12.3. The lowest BCUT2D eigenvalue weighted by atomic mass is 9.66. The van der Waals surface area contributed by atoms with E-state index in [1.54, 1.807) is 18.2 Å². The lowest BCUT2D eigenvalue weighted by Gasteiger charge is -2.48. The molecule has 170 valence electrons. The number of nitrogens with one attached hydrogen (secondary N) is 1. The van der Waals surface area contributed by atoms with Crippen LogP contribution in [0.25, 0.3) is 0 Å². The van der Waals surface area contributed by atoms with Gasteiger partial charge in [0.15, 0.2) is 0 Å². The Kier molecular flexibility index (Phi) is 7.02. The standard InChI is InChI=1S/C25H33Cl2NO3/c1-3-17-13-18(12-15(2)25(17)10-5-11-31-25)30-14-19(24(29)16-8-9-16)23(28)22-20(26)6-4-7-21(22)27/h4,6-7,15-18,28-29H,3,5,8-14H2,1-2H3/b24-19-,28-23?. The Bertz CT molecular complexity index is 838. The molecule has 3 fully saturated rings. The molecule has 1 aromatic rings. The summed E-state index contributed by atoms with van der Waals surface area (Å²) in [4.78, 5) is 0. The fraction of sp³-hybridized carbons (Fsp3) is 0.640. The van der Waals surface area contributed by atoms with E-state index in [1.807, 2.05) is 0 Å². The van der Waals surface area contributed by atoms with E-state index in [2.05, 4.69) is 13.8 Å². The van der Waals surface area contributed by atoms with Gasteiger partial charge < -0.3 is 14.6 Å². The average Bonchev–Trinajstić information content (AvgIpc) is 3.48. The summed E-state index contributed by atoms with van der Waals surface area (Å²) in [6, 6.07) is 5.21. The molecular weight excluding hydrogens is 433 g/mol. The molecule has 3 aliphatic rings. The van der Waals surface area contributed by atoms with Crippen LogP contribution in [0, 0.1) is 23.2 Å². The zero-order valence-electron chi connectivity index (χ0n) is 18.4. The van der Waals surface area contributed by atoms with Gasteiger partial charge >= 0.3 is 0 Å². The summed E-state index contributed by atoms with van der Waals surface area (Å²) >= 11 is 12.7. The molecule has 1 aliphatic heterocycles. The topological polar surface area (TPSA) is 62.5 Å². The van der Waals surface area contributed by atoms with Crippen molar-refractivity contribution in [3.63, 3.8) is 0 Å². The number of halogens is 2. The zero-order valence-corrected chi connectivity index (χ0v) is 19.9. The molecule has 0 amide bonds. The number of allylic oxidation sites excluding steroid dienone is 1. The van der Waals surface area contributed by atoms with Crippen molar-refractivity contribution in [1.82, 2.24) is 0 Å². The lowest BCUT2D eigenvalue weighted by Crippen LogP contribution is -2.50. The highest BCUT2D eigenvalue weighted by molar-refractivity contribution is 6.41. The van der Waals surface area contributed by atoms with Gasteiger partial charge in [-0.25, -0.2) is 0 Å². The van der Waals surface area contributed by atoms with Gasteiger partial charge in [-0.1, -0.05) is 49.5 Å². The van der Waals surface area contributed by atoms with Crippen LogP contribution in [-0.2, 0) is 9.47 Å². The summed E-state index contributed by atoms with van der Waals surface area (Å²) in [6.07, 6.45) is 7.23. The maximum Gasteiger partial charge on any atom is 0.103 e. The van der Waals surface area contributed by atoms with Gasteiger partial charge in [-0.05, 0) is 62.5 Å². The highest BCUT2D eigenvalue weighted by Crippen LogP contribution is 2.49. The third-order valence-corrected chi connectivity index (χ3v) is 8.15. The van der Waals surface area contributed by atoms with E-state index in [4.69, 9.17) is 38.1 Å². The quantitative estimate of drug-likeness (QED) is 0.337. The Morgan fingerprint density at radius 2 is 1.97 bits per heavy atom. The maximum atomic E-state index is 10.9. The molecule has 0 aromatic heterocycles. The average molecular weight is 466 g/mol. The Labute approximate surface area is 195 Å². The van der Waals surface area contributed by atoms with Crippen LogP contribution in [0.1, 0.15) is 64.4 Å². The van der Waals surface area contributed by atoms with Crippen molar-refractivity contribution in [2.45, 2.75) is 70.5 Å². The summed E-state index contributed by atoms with van der Waals surface area (Å²) < 4.78 is 12.7. The molecule has 4 rings (SSSR count). The second-order valence-corrected chi connectivity index (χ2v) is 10.2. The molecule has 1 saturated heterocycles. The van der Waals surface area contributed by atoms with E-state index in [-0.39, 0.29) is 35.7 Å². The molecule has 1 spiro atoms. The first-order valence-electron chi connectivity index (χ1n) is 11.6. The smallest absolute Gasteiger partial charge is 0.103 e. The van der Waals surface area contributed by atoms with Gasteiger partial charge in [0.05, 0.1) is 34.1 Å². The number of aliphatic hydroxyl groups is 1. The molecular formula is C25H33Cl2NO3. The minimum atomic E-state index is 0.00122. The first kappa shape index (κ1) is 23.1. The second kappa shape index (κ2) is 9.43. The molecule has 4 atom stereocenters. The van der Waals surface area contributed by atoms with Gasteiger partial charge in [0.2, 0.25) is 0 Å². The summed E-state index contributed by atoms with van der Waals surface area (Å²) in [5, 5.41) is 20.5. The van der Waals surface area contributed by atoms with Crippen LogP contribution < -0.4 is 0 Å². The fourth-order valence-corrected chi connectivity index (χ4v) is 6.20. The molecule has 6 heteroatoms. The lowest BCUT2D eigenvalue weighted by molar-refractivity contribution is -0.139. The van der Waals surface area contributed by atoms with E-state index in [9.17, 15) is 5.11 Å². The van der Waals surface area contributed by atoms with Crippen molar-refractivity contribution >= 4 is 28.9 Å². The number of hydrogen-bond acceptors (Lipinski definition) is 4. The SMILES string of the molecule is CCC1CC(OC/C(C(=N)c2c(Cl)cccc2Cl)=C(/O)C2CC2)CC(C)C12CCCO2. The molecule has 0 bridgehead atoms. The maximum absolute atomic E-state index is 10.9. The van der Waals surface area contributed by atoms with Gasteiger partial charge in [0.25, 0.3) is 0 Å². The number of benzene rings is 1. The number of rotatable bonds is 7. The Morgan fingerprint density at radius 3 is 2.55 bits per heavy atom. The zero-order chi connectivity index (χ0) is 22.2. The van der Waals surface area contributed by atoms with E-state index >= 15 is 0 Å². The summed E-state index contributed by atoms with van der Waals surface area (Å²) in [5.41, 5.74) is 1.13. The van der Waals surface area contributed by atoms with Crippen LogP contribution in [0.4, 0.5) is 0 Å². The molecule has 0 radical (unpaired) electrons. The van der Waals surface area contributed by atoms with Crippen molar-refractivity contribution in [2.24, 2.45) is 17.8 Å². The van der Waals surface area contributed by atoms with Crippen molar-refractivity contribution in [1.29, 1.82) is 5.41 Å². The number of ether oxygens (including phenoxy) is 2. The van der Waals surface area contributed by atoms with E-state index < -0.39 is 0 Å². The van der Waals surface area contributed by atoms with E-state index in [1.165, 1.54) is 0 Å². The van der Waals surface area contributed by atoms with Crippen LogP contribution in [-0.4, -0.2) is 35.7 Å². The van der Waals surface area contributed by atoms with Crippen LogP contribution in [0.2, 0.25) is 10.0 Å². The third kappa shape index (κ3) is 4.55. The van der Waals surface area contributed by atoms with E-state index in [0.29, 0.717) is 33.0 Å². The Balaban J connectivity index is 1.52. The monoisotopic (exact) mass is 465 g/mol. The highest BCUT2D eigenvalue weighted by atomic mass is 35.5. The minimum Gasteiger partial charge on any atom is -0.512 e. The highest BCUT2D eigenvalue weighted by Gasteiger charge is 2.50. The molecule has 4 unspecified atom stereocenters. The molecule has 4 nitrogen and oxygen atoms in total. The van der Waals surface area contributed by atoms with Gasteiger partial charge in [-0.3, -0.25) is 5.41 Å². The molecule has 2 N–H and O–H groups in total. The van der Waals surface area contributed by atoms with Crippen LogP contribution in [0.15, 0.2) is 29.5 Å². The Morgan fingerprint density at radius 1 is 1.26 bits per heavy atom. The van der Waals surface area contributed by atoms with Gasteiger partial charge in [0, 0.05) is 23.7 Å². The minimum absolute atomic E-state index is 0.00122. The van der Waals surface area contributed by atoms with Gasteiger partial charge in [-0.2, -0.15) is 0 Å². The van der Waals surface area contributed by atoms with Gasteiger partial charge in [0.1, 0.15) is 5.76 Å². The predicted octanol–water partition coefficient (Wildman–Crippen LogP) is 6.97. The van der Waals surface area contributed by atoms with Crippen LogP contribution in [0.3, 0.4) is 0 Å². The molecule has 1 heterocycles. The molecule has 2 saturated carbocycles. The third-order valence-electron chi connectivity index (χ3n) is 7.52. The molecule has 2 aliphatic carbocycles. The van der Waals surface area contributed by atoms with Gasteiger partial charge in [-0.15, -0.1) is 0 Å². The number of hydrogen-bond donors (Lipinski definition) is 2. The van der Waals surface area contributed by atoms with Crippen molar-refractivity contribution in [3.05, 3.63) is 45.1 Å². The molecule has 1 aromatic carbocycles. The van der Waals surface area contributed by atoms with Crippen molar-refractivity contribution < 1.29 is 14.6 Å². The summed E-state index contributed by atoms with van der Waals surface area (Å²) in [5.74, 6) is 1.28. The van der Waals surface area contributed by atoms with Crippen LogP contribution >= 0.6 is 23.2 Å². The fourth-order valence-electron chi connectivity index (χ4n) is 5.62. The predicted molar refractivity (Wildman–Crippen MR) is 126 cm³/mol. The number of aliphatic hydroxyl groups excluding tert-OH is 1. The van der Waals surface area contributed by atoms with Crippen molar-refractivity contribution in [2.75, 3.05) is 13.2 Å². The molecule has 31 heavy (non-hydrogen) atoms. The largest absolute Gasteiger partial charge is 0.512 e. The summed E-state index contributed by atoms with van der Waals surface area (Å²) in [6.45, 7) is 5.59. The van der Waals surface area contributed by atoms with Crippen molar-refractivity contribution in [3.8, 4) is 0 Å². The Hall–Kier alpha value is -1.07. The summed E-state index contributed by atoms with van der Waals surface area (Å²) in [7, 11) is 0. The second-order valence-electron chi connectivity index (χ2n) is 9.43. The van der Waals surface area contributed by atoms with Crippen LogP contribution in [0.5, 0.6) is 0 Å². The first-order chi connectivity index (χ1) is 14.9. The van der Waals surface area contributed by atoms with E-state index in [0.717, 1.165) is 51.6 Å². The normalized spacial score (nSPS) is 31.7.